The molecule has 1 N–H and O–H groups in total. The standard InChI is InChI=1S/C22H20N4O4/c1-2-14-7-9-15(10-8-14)19-23-18(30-25-19)13-26-20(27)22(24-21(26)28)11-12-29-17-6-4-3-5-16(17)22/h3-10H,2,11-13H2,1H3,(H,24,28)/t22-/m0/s1. The van der Waals surface area contributed by atoms with Gasteiger partial charge in [-0.2, -0.15) is 4.98 Å². The lowest BCUT2D eigenvalue weighted by Gasteiger charge is -2.33. The maximum atomic E-state index is 13.3. The molecule has 2 aliphatic heterocycles. The number of amides is 3. The van der Waals surface area contributed by atoms with Crippen LogP contribution in [0.5, 0.6) is 5.75 Å². The molecule has 0 unspecified atom stereocenters. The fraction of sp³-hybridized carbons (Fsp3) is 0.273. The molecule has 5 rings (SSSR count). The number of nitrogens with one attached hydrogen (secondary N) is 1. The van der Waals surface area contributed by atoms with Crippen LogP contribution in [0, 0.1) is 0 Å². The van der Waals surface area contributed by atoms with Gasteiger partial charge in [-0.1, -0.05) is 54.5 Å². The van der Waals surface area contributed by atoms with Crippen LogP contribution in [0.15, 0.2) is 53.1 Å². The summed E-state index contributed by atoms with van der Waals surface area (Å²) in [6.07, 6.45) is 1.31. The summed E-state index contributed by atoms with van der Waals surface area (Å²) in [6.45, 7) is 2.34. The van der Waals surface area contributed by atoms with Gasteiger partial charge < -0.3 is 14.6 Å². The zero-order chi connectivity index (χ0) is 20.7. The van der Waals surface area contributed by atoms with Crippen LogP contribution in [0.1, 0.15) is 30.4 Å². The van der Waals surface area contributed by atoms with Crippen molar-refractivity contribution < 1.29 is 18.8 Å². The van der Waals surface area contributed by atoms with E-state index in [0.29, 0.717) is 30.2 Å². The minimum absolute atomic E-state index is 0.0878. The molecule has 0 bridgehead atoms. The normalized spacial score (nSPS) is 20.2. The predicted molar refractivity (Wildman–Crippen MR) is 106 cm³/mol. The summed E-state index contributed by atoms with van der Waals surface area (Å²) in [7, 11) is 0. The Hall–Kier alpha value is -3.68. The number of imide groups is 1. The molecule has 8 heteroatoms. The lowest BCUT2D eigenvalue weighted by atomic mass is 9.84. The van der Waals surface area contributed by atoms with Crippen LogP contribution in [-0.4, -0.2) is 33.6 Å². The molecule has 1 aromatic heterocycles. The van der Waals surface area contributed by atoms with Crippen molar-refractivity contribution in [3.63, 3.8) is 0 Å². The van der Waals surface area contributed by atoms with Gasteiger partial charge in [-0.05, 0) is 18.1 Å². The number of para-hydroxylation sites is 1. The van der Waals surface area contributed by atoms with E-state index in [2.05, 4.69) is 22.4 Å². The minimum Gasteiger partial charge on any atom is -0.493 e. The molecule has 1 fully saturated rings. The molecule has 1 saturated heterocycles. The highest BCUT2D eigenvalue weighted by atomic mass is 16.5. The van der Waals surface area contributed by atoms with Crippen LogP contribution in [-0.2, 0) is 23.3 Å². The second kappa shape index (κ2) is 6.98. The van der Waals surface area contributed by atoms with E-state index in [1.54, 1.807) is 12.1 Å². The summed E-state index contributed by atoms with van der Waals surface area (Å²) >= 11 is 0. The largest absolute Gasteiger partial charge is 0.493 e. The summed E-state index contributed by atoms with van der Waals surface area (Å²) in [6, 6.07) is 14.7. The van der Waals surface area contributed by atoms with Gasteiger partial charge in [0.05, 0.1) is 6.61 Å². The summed E-state index contributed by atoms with van der Waals surface area (Å²) in [5, 5.41) is 6.86. The van der Waals surface area contributed by atoms with Crippen LogP contribution in [0.4, 0.5) is 4.79 Å². The number of carbonyl (C=O) groups is 2. The average molecular weight is 404 g/mol. The molecule has 2 aliphatic rings. The first-order valence-corrected chi connectivity index (χ1v) is 9.89. The Morgan fingerprint density at radius 3 is 2.73 bits per heavy atom. The van der Waals surface area contributed by atoms with Gasteiger partial charge in [0.2, 0.25) is 11.7 Å². The van der Waals surface area contributed by atoms with Crippen molar-refractivity contribution in [3.8, 4) is 17.1 Å². The highest BCUT2D eigenvalue weighted by Crippen LogP contribution is 2.41. The van der Waals surface area contributed by atoms with Crippen molar-refractivity contribution >= 4 is 11.9 Å². The van der Waals surface area contributed by atoms with E-state index in [9.17, 15) is 9.59 Å². The number of aromatic nitrogens is 2. The van der Waals surface area contributed by atoms with E-state index in [0.717, 1.165) is 16.9 Å². The molecule has 0 aliphatic carbocycles. The molecule has 0 saturated carbocycles. The number of fused-ring (bicyclic) bond motifs is 2. The third-order valence-corrected chi connectivity index (χ3v) is 5.64. The van der Waals surface area contributed by atoms with Crippen molar-refractivity contribution in [1.82, 2.24) is 20.4 Å². The number of benzene rings is 2. The third kappa shape index (κ3) is 2.83. The van der Waals surface area contributed by atoms with Crippen LogP contribution in [0.25, 0.3) is 11.4 Å². The molecule has 2 aromatic carbocycles. The molecule has 30 heavy (non-hydrogen) atoms. The van der Waals surface area contributed by atoms with E-state index in [4.69, 9.17) is 9.26 Å². The van der Waals surface area contributed by atoms with Gasteiger partial charge in [-0.15, -0.1) is 0 Å². The zero-order valence-electron chi connectivity index (χ0n) is 16.4. The van der Waals surface area contributed by atoms with Crippen LogP contribution in [0.2, 0.25) is 0 Å². The van der Waals surface area contributed by atoms with E-state index >= 15 is 0 Å². The molecule has 3 aromatic rings. The first-order valence-electron chi connectivity index (χ1n) is 9.89. The Labute approximate surface area is 172 Å². The SMILES string of the molecule is CCc1ccc(-c2noc(CN3C(=O)N[C@]4(CCOc5ccccc54)C3=O)n2)cc1. The Bertz CT molecular complexity index is 1120. The Morgan fingerprint density at radius 2 is 1.93 bits per heavy atom. The van der Waals surface area contributed by atoms with Gasteiger partial charge in [0, 0.05) is 17.5 Å². The number of urea groups is 1. The number of rotatable bonds is 4. The summed E-state index contributed by atoms with van der Waals surface area (Å²) in [5.41, 5.74) is 1.57. The molecule has 3 amide bonds. The number of aryl methyl sites for hydroxylation is 1. The lowest BCUT2D eigenvalue weighted by Crippen LogP contribution is -2.47. The minimum atomic E-state index is -1.12. The summed E-state index contributed by atoms with van der Waals surface area (Å²) in [4.78, 5) is 31.5. The zero-order valence-corrected chi connectivity index (χ0v) is 16.4. The van der Waals surface area contributed by atoms with Gasteiger partial charge in [-0.3, -0.25) is 9.69 Å². The molecular formula is C22H20N4O4. The maximum Gasteiger partial charge on any atom is 0.325 e. The van der Waals surface area contributed by atoms with Crippen LogP contribution in [0.3, 0.4) is 0 Å². The molecule has 8 nitrogen and oxygen atoms in total. The fourth-order valence-corrected chi connectivity index (χ4v) is 3.98. The maximum absolute atomic E-state index is 13.3. The van der Waals surface area contributed by atoms with Crippen molar-refractivity contribution in [2.75, 3.05) is 6.61 Å². The van der Waals surface area contributed by atoms with Gasteiger partial charge in [0.15, 0.2) is 5.54 Å². The van der Waals surface area contributed by atoms with Crippen molar-refractivity contribution in [3.05, 3.63) is 65.5 Å². The fourth-order valence-electron chi connectivity index (χ4n) is 3.98. The average Bonchev–Trinajstić information content (AvgIpc) is 3.34. The van der Waals surface area contributed by atoms with Gasteiger partial charge >= 0.3 is 6.03 Å². The number of nitrogens with zero attached hydrogens (tertiary/aromatic N) is 3. The summed E-state index contributed by atoms with van der Waals surface area (Å²) < 4.78 is 11.0. The Balaban J connectivity index is 1.40. The molecule has 1 atom stereocenters. The predicted octanol–water partition coefficient (Wildman–Crippen LogP) is 3.03. The molecular weight excluding hydrogens is 384 g/mol. The Kier molecular flexibility index (Phi) is 4.27. The van der Waals surface area contributed by atoms with Gasteiger partial charge in [-0.25, -0.2) is 4.79 Å². The van der Waals surface area contributed by atoms with Crippen molar-refractivity contribution in [2.45, 2.75) is 31.8 Å². The van der Waals surface area contributed by atoms with Gasteiger partial charge in [0.25, 0.3) is 5.91 Å². The smallest absolute Gasteiger partial charge is 0.325 e. The molecule has 152 valence electrons. The molecule has 0 radical (unpaired) electrons. The van der Waals surface area contributed by atoms with E-state index in [1.807, 2.05) is 36.4 Å². The number of carbonyl (C=O) groups excluding carboxylic acids is 2. The Morgan fingerprint density at radius 1 is 1.13 bits per heavy atom. The monoisotopic (exact) mass is 404 g/mol. The van der Waals surface area contributed by atoms with Crippen LogP contribution < -0.4 is 10.1 Å². The number of ether oxygens (including phenoxy) is 1. The van der Waals surface area contributed by atoms with E-state index in [1.165, 1.54) is 5.56 Å². The third-order valence-electron chi connectivity index (χ3n) is 5.64. The highest BCUT2D eigenvalue weighted by molar-refractivity contribution is 6.07. The second-order valence-electron chi connectivity index (χ2n) is 7.38. The number of hydrogen-bond donors (Lipinski definition) is 1. The quantitative estimate of drug-likeness (QED) is 0.672. The number of hydrogen-bond acceptors (Lipinski definition) is 6. The highest BCUT2D eigenvalue weighted by Gasteiger charge is 2.55. The summed E-state index contributed by atoms with van der Waals surface area (Å²) in [5.74, 6) is 0.890. The van der Waals surface area contributed by atoms with Crippen LogP contribution >= 0.6 is 0 Å². The van der Waals surface area contributed by atoms with Crippen molar-refractivity contribution in [2.24, 2.45) is 0 Å². The second-order valence-corrected chi connectivity index (χ2v) is 7.38. The van der Waals surface area contributed by atoms with Crippen molar-refractivity contribution in [1.29, 1.82) is 0 Å². The topological polar surface area (TPSA) is 97.6 Å². The molecule has 3 heterocycles. The molecule has 1 spiro atoms. The lowest BCUT2D eigenvalue weighted by molar-refractivity contribution is -0.133. The first-order chi connectivity index (χ1) is 14.6. The van der Waals surface area contributed by atoms with Gasteiger partial charge in [0.1, 0.15) is 12.3 Å². The van der Waals surface area contributed by atoms with E-state index in [-0.39, 0.29) is 18.3 Å². The first kappa shape index (κ1) is 18.4. The van der Waals surface area contributed by atoms with E-state index < -0.39 is 11.6 Å².